The molecule has 4 heteroatoms. The molecule has 0 spiro atoms. The molecular weight excluding hydrogens is 228 g/mol. The van der Waals surface area contributed by atoms with Gasteiger partial charge in [-0.2, -0.15) is 0 Å². The van der Waals surface area contributed by atoms with Gasteiger partial charge in [0.1, 0.15) is 0 Å². The molecule has 0 aromatic rings. The third kappa shape index (κ3) is 4.94. The van der Waals surface area contributed by atoms with Gasteiger partial charge in [-0.05, 0) is 44.6 Å². The van der Waals surface area contributed by atoms with Gasteiger partial charge in [0, 0.05) is 19.5 Å². The molecule has 0 aromatic carbocycles. The van der Waals surface area contributed by atoms with E-state index in [1.165, 1.54) is 0 Å². The van der Waals surface area contributed by atoms with Crippen molar-refractivity contribution in [2.75, 3.05) is 19.6 Å². The third-order valence-corrected chi connectivity index (χ3v) is 4.03. The van der Waals surface area contributed by atoms with Crippen LogP contribution < -0.4 is 5.73 Å². The van der Waals surface area contributed by atoms with Crippen molar-refractivity contribution in [1.29, 1.82) is 0 Å². The zero-order valence-corrected chi connectivity index (χ0v) is 12.0. The number of carbonyl (C=O) groups is 1. The van der Waals surface area contributed by atoms with E-state index in [9.17, 15) is 9.90 Å². The maximum atomic E-state index is 12.1. The molecule has 0 aliphatic carbocycles. The molecule has 1 amide bonds. The first-order chi connectivity index (χ1) is 8.26. The quantitative estimate of drug-likeness (QED) is 0.783. The van der Waals surface area contributed by atoms with E-state index in [4.69, 9.17) is 5.73 Å². The van der Waals surface area contributed by atoms with Crippen LogP contribution in [0.15, 0.2) is 0 Å². The highest BCUT2D eigenvalue weighted by molar-refractivity contribution is 5.76. The van der Waals surface area contributed by atoms with Crippen molar-refractivity contribution in [3.8, 4) is 0 Å². The summed E-state index contributed by atoms with van der Waals surface area (Å²) in [6.45, 7) is 8.21. The number of likely N-dealkylation sites (tertiary alicyclic amines) is 1. The van der Waals surface area contributed by atoms with Gasteiger partial charge in [0.05, 0.1) is 5.60 Å². The van der Waals surface area contributed by atoms with Crippen LogP contribution in [-0.4, -0.2) is 41.1 Å². The van der Waals surface area contributed by atoms with Crippen LogP contribution in [0.4, 0.5) is 0 Å². The third-order valence-electron chi connectivity index (χ3n) is 4.03. The van der Waals surface area contributed by atoms with Crippen LogP contribution in [0.3, 0.4) is 0 Å². The molecule has 18 heavy (non-hydrogen) atoms. The molecule has 1 aliphatic rings. The highest BCUT2D eigenvalue weighted by atomic mass is 16.3. The molecule has 1 heterocycles. The molecule has 0 aromatic heterocycles. The largest absolute Gasteiger partial charge is 0.390 e. The number of hydrogen-bond acceptors (Lipinski definition) is 3. The molecule has 0 atom stereocenters. The van der Waals surface area contributed by atoms with Crippen LogP contribution in [0.1, 0.15) is 52.9 Å². The van der Waals surface area contributed by atoms with Crippen molar-refractivity contribution >= 4 is 5.91 Å². The van der Waals surface area contributed by atoms with Gasteiger partial charge < -0.3 is 15.7 Å². The summed E-state index contributed by atoms with van der Waals surface area (Å²) < 4.78 is 0. The number of carbonyl (C=O) groups excluding carboxylic acids is 1. The molecule has 106 valence electrons. The van der Waals surface area contributed by atoms with Crippen LogP contribution >= 0.6 is 0 Å². The van der Waals surface area contributed by atoms with Crippen molar-refractivity contribution < 1.29 is 9.90 Å². The Morgan fingerprint density at radius 1 is 1.33 bits per heavy atom. The minimum absolute atomic E-state index is 0.145. The number of amides is 1. The van der Waals surface area contributed by atoms with Crippen LogP contribution in [0, 0.1) is 5.41 Å². The summed E-state index contributed by atoms with van der Waals surface area (Å²) in [7, 11) is 0. The average molecular weight is 256 g/mol. The van der Waals surface area contributed by atoms with E-state index in [1.807, 2.05) is 11.8 Å². The number of piperidine rings is 1. The lowest BCUT2D eigenvalue weighted by molar-refractivity contribution is -0.135. The standard InChI is InChI=1S/C14H28N2O2/c1-13(2,6-9-15)5-4-12(17)16-10-7-14(3,18)8-11-16/h18H,4-11,15H2,1-3H3. The second-order valence-electron chi connectivity index (χ2n) is 6.58. The van der Waals surface area contributed by atoms with E-state index in [-0.39, 0.29) is 11.3 Å². The van der Waals surface area contributed by atoms with Gasteiger partial charge in [-0.3, -0.25) is 4.79 Å². The van der Waals surface area contributed by atoms with Gasteiger partial charge in [-0.25, -0.2) is 0 Å². The molecule has 0 saturated carbocycles. The summed E-state index contributed by atoms with van der Waals surface area (Å²) in [5.41, 5.74) is 5.13. The van der Waals surface area contributed by atoms with Crippen LogP contribution in [0.5, 0.6) is 0 Å². The predicted octanol–water partition coefficient (Wildman–Crippen LogP) is 1.52. The van der Waals surface area contributed by atoms with Gasteiger partial charge in [-0.1, -0.05) is 13.8 Å². The Bertz CT molecular complexity index is 278. The van der Waals surface area contributed by atoms with Crippen LogP contribution in [0.2, 0.25) is 0 Å². The second kappa shape index (κ2) is 6.02. The second-order valence-corrected chi connectivity index (χ2v) is 6.58. The van der Waals surface area contributed by atoms with Gasteiger partial charge in [-0.15, -0.1) is 0 Å². The van der Waals surface area contributed by atoms with Crippen molar-refractivity contribution in [3.63, 3.8) is 0 Å². The normalized spacial score (nSPS) is 19.9. The van der Waals surface area contributed by atoms with Crippen molar-refractivity contribution in [3.05, 3.63) is 0 Å². The van der Waals surface area contributed by atoms with Crippen molar-refractivity contribution in [2.24, 2.45) is 11.1 Å². The molecule has 1 saturated heterocycles. The fourth-order valence-electron chi connectivity index (χ4n) is 2.36. The summed E-state index contributed by atoms with van der Waals surface area (Å²) in [6.07, 6.45) is 3.80. The van der Waals surface area contributed by atoms with Crippen LogP contribution in [0.25, 0.3) is 0 Å². The topological polar surface area (TPSA) is 66.6 Å². The minimum Gasteiger partial charge on any atom is -0.390 e. The maximum Gasteiger partial charge on any atom is 0.222 e. The molecule has 1 rings (SSSR count). The number of hydrogen-bond donors (Lipinski definition) is 2. The van der Waals surface area contributed by atoms with Gasteiger partial charge in [0.2, 0.25) is 5.91 Å². The van der Waals surface area contributed by atoms with E-state index in [1.54, 1.807) is 0 Å². The lowest BCUT2D eigenvalue weighted by atomic mass is 9.84. The zero-order chi connectivity index (χ0) is 13.8. The Balaban J connectivity index is 2.34. The molecule has 3 N–H and O–H groups in total. The highest BCUT2D eigenvalue weighted by Crippen LogP contribution is 2.27. The van der Waals surface area contributed by atoms with Gasteiger partial charge in [0.15, 0.2) is 0 Å². The van der Waals surface area contributed by atoms with E-state index in [0.29, 0.717) is 38.9 Å². The molecule has 0 radical (unpaired) electrons. The number of aliphatic hydroxyl groups is 1. The van der Waals surface area contributed by atoms with Gasteiger partial charge >= 0.3 is 0 Å². The first-order valence-electron chi connectivity index (χ1n) is 6.96. The van der Waals surface area contributed by atoms with Crippen LogP contribution in [-0.2, 0) is 4.79 Å². The number of nitrogens with zero attached hydrogens (tertiary/aromatic N) is 1. The van der Waals surface area contributed by atoms with E-state index < -0.39 is 5.60 Å². The Kier molecular flexibility index (Phi) is 5.17. The first kappa shape index (κ1) is 15.4. The fourth-order valence-corrected chi connectivity index (χ4v) is 2.36. The summed E-state index contributed by atoms with van der Waals surface area (Å²) in [4.78, 5) is 14.0. The molecule has 0 bridgehead atoms. The summed E-state index contributed by atoms with van der Waals surface area (Å²) >= 11 is 0. The van der Waals surface area contributed by atoms with Crippen molar-refractivity contribution in [1.82, 2.24) is 4.90 Å². The number of rotatable bonds is 5. The molecule has 1 aliphatic heterocycles. The number of nitrogens with two attached hydrogens (primary N) is 1. The summed E-state index contributed by atoms with van der Waals surface area (Å²) in [6, 6.07) is 0. The zero-order valence-electron chi connectivity index (χ0n) is 12.0. The SMILES string of the molecule is CC(C)(CCN)CCC(=O)N1CCC(C)(O)CC1. The molecule has 4 nitrogen and oxygen atoms in total. The van der Waals surface area contributed by atoms with E-state index in [0.717, 1.165) is 12.8 Å². The molecule has 0 unspecified atom stereocenters. The van der Waals surface area contributed by atoms with E-state index in [2.05, 4.69) is 13.8 Å². The monoisotopic (exact) mass is 256 g/mol. The summed E-state index contributed by atoms with van der Waals surface area (Å²) in [5.74, 6) is 0.218. The Morgan fingerprint density at radius 2 is 1.89 bits per heavy atom. The Hall–Kier alpha value is -0.610. The lowest BCUT2D eigenvalue weighted by Crippen LogP contribution is -2.45. The Morgan fingerprint density at radius 3 is 2.39 bits per heavy atom. The highest BCUT2D eigenvalue weighted by Gasteiger charge is 2.30. The lowest BCUT2D eigenvalue weighted by Gasteiger charge is -2.36. The summed E-state index contributed by atoms with van der Waals surface area (Å²) in [5, 5.41) is 9.85. The molecular formula is C14H28N2O2. The van der Waals surface area contributed by atoms with Crippen molar-refractivity contribution in [2.45, 2.75) is 58.5 Å². The van der Waals surface area contributed by atoms with Gasteiger partial charge in [0.25, 0.3) is 0 Å². The average Bonchev–Trinajstić information content (AvgIpc) is 2.26. The first-order valence-corrected chi connectivity index (χ1v) is 6.96. The fraction of sp³-hybridized carbons (Fsp3) is 0.929. The smallest absolute Gasteiger partial charge is 0.222 e. The van der Waals surface area contributed by atoms with E-state index >= 15 is 0 Å². The Labute approximate surface area is 111 Å². The molecule has 1 fully saturated rings. The minimum atomic E-state index is -0.588. The predicted molar refractivity (Wildman–Crippen MR) is 73.1 cm³/mol. The maximum absolute atomic E-state index is 12.1.